The van der Waals surface area contributed by atoms with E-state index in [0.717, 1.165) is 23.3 Å². The number of rotatable bonds is 6. The highest BCUT2D eigenvalue weighted by atomic mass is 14.7. The van der Waals surface area contributed by atoms with E-state index < -0.39 is 0 Å². The predicted octanol–water partition coefficient (Wildman–Crippen LogP) is 4.27. The van der Waals surface area contributed by atoms with Crippen molar-refractivity contribution in [2.75, 3.05) is 7.05 Å². The molecule has 0 aromatic heterocycles. The second kappa shape index (κ2) is 7.63. The molecule has 0 aliphatic heterocycles. The molecule has 0 bridgehead atoms. The lowest BCUT2D eigenvalue weighted by Crippen LogP contribution is -1.91. The third-order valence-corrected chi connectivity index (χ3v) is 2.27. The first-order valence-corrected chi connectivity index (χ1v) is 5.38. The normalized spacial score (nSPS) is 13.6. The maximum Gasteiger partial charge on any atom is 0.0570 e. The van der Waals surface area contributed by atoms with Crippen molar-refractivity contribution in [3.8, 4) is 0 Å². The van der Waals surface area contributed by atoms with Gasteiger partial charge in [-0.1, -0.05) is 44.4 Å². The molecule has 0 N–H and O–H groups in total. The Bertz CT molecular complexity index is 365. The molecule has 0 spiro atoms. The fourth-order valence-corrected chi connectivity index (χ4v) is 1.17. The highest BCUT2D eigenvalue weighted by molar-refractivity contribution is 6.04. The molecule has 0 aliphatic carbocycles. The van der Waals surface area contributed by atoms with E-state index in [2.05, 4.69) is 37.7 Å². The van der Waals surface area contributed by atoms with Gasteiger partial charge in [-0.05, 0) is 36.6 Å². The summed E-state index contributed by atoms with van der Waals surface area (Å²) in [5.41, 5.74) is 4.12. The number of hydrogen-bond donors (Lipinski definition) is 0. The Balaban J connectivity index is 5.32. The van der Waals surface area contributed by atoms with Crippen molar-refractivity contribution >= 4 is 5.71 Å². The zero-order valence-electron chi connectivity index (χ0n) is 10.6. The molecule has 0 atom stereocenters. The molecule has 0 aromatic carbocycles. The van der Waals surface area contributed by atoms with Gasteiger partial charge in [0.25, 0.3) is 0 Å². The summed E-state index contributed by atoms with van der Waals surface area (Å²) in [6.07, 6.45) is 8.63. The standard InChI is InChI=1S/C15H21N/c1-7-13(8-2)10-14(12(4)5)11-15(9-3)16-6/h7,9-11H,1,3-4,8H2,2,5-6H3/b13-10+,14-11-,16-15?. The first-order valence-electron chi connectivity index (χ1n) is 5.38. The van der Waals surface area contributed by atoms with Crippen LogP contribution in [0, 0.1) is 0 Å². The van der Waals surface area contributed by atoms with Gasteiger partial charge in [0.05, 0.1) is 5.71 Å². The molecule has 1 heteroatoms. The van der Waals surface area contributed by atoms with Gasteiger partial charge in [-0.25, -0.2) is 0 Å². The van der Waals surface area contributed by atoms with E-state index in [9.17, 15) is 0 Å². The van der Waals surface area contributed by atoms with E-state index in [1.807, 2.05) is 19.1 Å². The van der Waals surface area contributed by atoms with Gasteiger partial charge < -0.3 is 0 Å². The molecule has 0 saturated heterocycles. The highest BCUT2D eigenvalue weighted by Crippen LogP contribution is 2.14. The monoisotopic (exact) mass is 215 g/mol. The van der Waals surface area contributed by atoms with Crippen molar-refractivity contribution in [2.45, 2.75) is 20.3 Å². The van der Waals surface area contributed by atoms with E-state index in [4.69, 9.17) is 0 Å². The lowest BCUT2D eigenvalue weighted by atomic mass is 10.0. The summed E-state index contributed by atoms with van der Waals surface area (Å²) >= 11 is 0. The molecule has 1 nitrogen and oxygen atoms in total. The van der Waals surface area contributed by atoms with Gasteiger partial charge in [0.15, 0.2) is 0 Å². The van der Waals surface area contributed by atoms with Crippen LogP contribution in [-0.4, -0.2) is 12.8 Å². The fourth-order valence-electron chi connectivity index (χ4n) is 1.17. The molecule has 86 valence electrons. The summed E-state index contributed by atoms with van der Waals surface area (Å²) in [5, 5.41) is 0. The average Bonchev–Trinajstić information content (AvgIpc) is 2.29. The molecular weight excluding hydrogens is 194 g/mol. The Kier molecular flexibility index (Phi) is 6.86. The van der Waals surface area contributed by atoms with Gasteiger partial charge in [0, 0.05) is 7.05 Å². The van der Waals surface area contributed by atoms with Crippen LogP contribution in [-0.2, 0) is 0 Å². The van der Waals surface area contributed by atoms with Crippen LogP contribution >= 0.6 is 0 Å². The van der Waals surface area contributed by atoms with Crippen molar-refractivity contribution in [1.29, 1.82) is 0 Å². The predicted molar refractivity (Wildman–Crippen MR) is 75.0 cm³/mol. The quantitative estimate of drug-likeness (QED) is 0.463. The molecule has 16 heavy (non-hydrogen) atoms. The summed E-state index contributed by atoms with van der Waals surface area (Å²) in [6.45, 7) is 15.6. The molecule has 0 aromatic rings. The first-order chi connectivity index (χ1) is 7.58. The van der Waals surface area contributed by atoms with Crippen molar-refractivity contribution < 1.29 is 0 Å². The second-order valence-electron chi connectivity index (χ2n) is 3.51. The van der Waals surface area contributed by atoms with Crippen molar-refractivity contribution in [2.24, 2.45) is 4.99 Å². The first kappa shape index (κ1) is 14.4. The Labute approximate surface area is 99.3 Å². The van der Waals surface area contributed by atoms with Crippen LogP contribution in [0.25, 0.3) is 0 Å². The van der Waals surface area contributed by atoms with E-state index >= 15 is 0 Å². The molecule has 0 aliphatic rings. The average molecular weight is 215 g/mol. The van der Waals surface area contributed by atoms with Gasteiger partial charge >= 0.3 is 0 Å². The lowest BCUT2D eigenvalue weighted by molar-refractivity contribution is 1.14. The SMILES string of the molecule is C=CC(/C=C(/C=C(\C=C)CC)C(=C)C)=NC. The molecule has 0 radical (unpaired) electrons. The summed E-state index contributed by atoms with van der Waals surface area (Å²) in [6, 6.07) is 0. The summed E-state index contributed by atoms with van der Waals surface area (Å²) in [4.78, 5) is 4.11. The van der Waals surface area contributed by atoms with Crippen molar-refractivity contribution in [3.05, 3.63) is 60.8 Å². The Morgan fingerprint density at radius 2 is 1.81 bits per heavy atom. The van der Waals surface area contributed by atoms with Crippen LogP contribution in [0.5, 0.6) is 0 Å². The van der Waals surface area contributed by atoms with Crippen LogP contribution in [0.15, 0.2) is 65.8 Å². The molecule has 0 fully saturated rings. The van der Waals surface area contributed by atoms with E-state index in [1.165, 1.54) is 5.57 Å². The summed E-state index contributed by atoms with van der Waals surface area (Å²) in [5.74, 6) is 0. The van der Waals surface area contributed by atoms with Crippen LogP contribution in [0.3, 0.4) is 0 Å². The van der Waals surface area contributed by atoms with E-state index in [-0.39, 0.29) is 0 Å². The fraction of sp³-hybridized carbons (Fsp3) is 0.267. The zero-order chi connectivity index (χ0) is 12.6. The van der Waals surface area contributed by atoms with Gasteiger partial charge in [0.2, 0.25) is 0 Å². The topological polar surface area (TPSA) is 12.4 Å². The van der Waals surface area contributed by atoms with Crippen molar-refractivity contribution in [1.82, 2.24) is 0 Å². The smallest absolute Gasteiger partial charge is 0.0570 e. The second-order valence-corrected chi connectivity index (χ2v) is 3.51. The minimum absolute atomic E-state index is 0.855. The molecule has 0 saturated carbocycles. The van der Waals surface area contributed by atoms with Crippen LogP contribution < -0.4 is 0 Å². The maximum absolute atomic E-state index is 4.11. The molecule has 0 amide bonds. The maximum atomic E-state index is 4.11. The van der Waals surface area contributed by atoms with Gasteiger partial charge in [0.1, 0.15) is 0 Å². The van der Waals surface area contributed by atoms with Gasteiger partial charge in [-0.3, -0.25) is 4.99 Å². The number of hydrogen-bond acceptors (Lipinski definition) is 1. The Hall–Kier alpha value is -1.63. The van der Waals surface area contributed by atoms with Crippen LogP contribution in [0.4, 0.5) is 0 Å². The Morgan fingerprint density at radius 1 is 1.19 bits per heavy atom. The van der Waals surface area contributed by atoms with E-state index in [0.29, 0.717) is 0 Å². The van der Waals surface area contributed by atoms with E-state index in [1.54, 1.807) is 13.1 Å². The number of allylic oxidation sites excluding steroid dienone is 7. The van der Waals surface area contributed by atoms with Crippen LogP contribution in [0.2, 0.25) is 0 Å². The Morgan fingerprint density at radius 3 is 2.12 bits per heavy atom. The highest BCUT2D eigenvalue weighted by Gasteiger charge is 1.97. The summed E-state index contributed by atoms with van der Waals surface area (Å²) < 4.78 is 0. The molecule has 0 rings (SSSR count). The molecular formula is C15H21N. The zero-order valence-corrected chi connectivity index (χ0v) is 10.6. The summed E-state index contributed by atoms with van der Waals surface area (Å²) in [7, 11) is 1.75. The largest absolute Gasteiger partial charge is 0.289 e. The molecule has 0 unspecified atom stereocenters. The number of aliphatic imine (C=N–C) groups is 1. The third kappa shape index (κ3) is 4.74. The molecule has 0 heterocycles. The lowest BCUT2D eigenvalue weighted by Gasteiger charge is -2.04. The van der Waals surface area contributed by atoms with Crippen LogP contribution in [0.1, 0.15) is 20.3 Å². The minimum Gasteiger partial charge on any atom is -0.289 e. The van der Waals surface area contributed by atoms with Gasteiger partial charge in [-0.15, -0.1) is 0 Å². The third-order valence-electron chi connectivity index (χ3n) is 2.27. The van der Waals surface area contributed by atoms with Crippen molar-refractivity contribution in [3.63, 3.8) is 0 Å². The number of nitrogens with zero attached hydrogens (tertiary/aromatic N) is 1. The van der Waals surface area contributed by atoms with Gasteiger partial charge in [-0.2, -0.15) is 0 Å². The minimum atomic E-state index is 0.855.